The topological polar surface area (TPSA) is 64.6 Å². The van der Waals surface area contributed by atoms with Gasteiger partial charge in [0.2, 0.25) is 12.7 Å². The number of hydrogen-bond acceptors (Lipinski definition) is 4. The highest BCUT2D eigenvalue weighted by atomic mass is 19.1. The Morgan fingerprint density at radius 1 is 1.17 bits per heavy atom. The number of anilines is 1. The second-order valence-electron chi connectivity index (χ2n) is 5.45. The first kappa shape index (κ1) is 16.0. The molecule has 1 aliphatic heterocycles. The third-order valence-electron chi connectivity index (χ3n) is 3.75. The summed E-state index contributed by atoms with van der Waals surface area (Å²) < 4.78 is 24.1. The number of amides is 1. The molecule has 6 heteroatoms. The highest BCUT2D eigenvalue weighted by Crippen LogP contribution is 2.37. The van der Waals surface area contributed by atoms with Gasteiger partial charge in [-0.2, -0.15) is 0 Å². The fourth-order valence-electron chi connectivity index (χ4n) is 2.50. The molecule has 0 spiro atoms. The van der Waals surface area contributed by atoms with Gasteiger partial charge in [-0.3, -0.25) is 9.59 Å². The van der Waals surface area contributed by atoms with Gasteiger partial charge in [0.15, 0.2) is 17.3 Å². The van der Waals surface area contributed by atoms with Gasteiger partial charge < -0.3 is 14.8 Å². The van der Waals surface area contributed by atoms with Gasteiger partial charge in [-0.25, -0.2) is 4.39 Å². The van der Waals surface area contributed by atoms with Crippen LogP contribution in [0.5, 0.6) is 11.5 Å². The zero-order chi connectivity index (χ0) is 17.1. The molecule has 1 aliphatic rings. The van der Waals surface area contributed by atoms with Crippen molar-refractivity contribution in [3.63, 3.8) is 0 Å². The molecule has 0 aliphatic carbocycles. The number of Topliss-reactive ketones (excluding diaryl/α,β-unsaturated/α-hetero) is 1. The lowest BCUT2D eigenvalue weighted by Crippen LogP contribution is -2.15. The number of ether oxygens (including phenoxy) is 2. The minimum Gasteiger partial charge on any atom is -0.454 e. The van der Waals surface area contributed by atoms with E-state index in [2.05, 4.69) is 5.32 Å². The Morgan fingerprint density at radius 3 is 2.58 bits per heavy atom. The summed E-state index contributed by atoms with van der Waals surface area (Å²) in [5.74, 6) is 0.115. The first-order chi connectivity index (χ1) is 11.5. The normalized spacial score (nSPS) is 12.1. The Balaban J connectivity index is 1.72. The quantitative estimate of drug-likeness (QED) is 0.855. The van der Waals surface area contributed by atoms with E-state index in [1.807, 2.05) is 0 Å². The van der Waals surface area contributed by atoms with Crippen LogP contribution in [0.15, 0.2) is 36.4 Å². The third-order valence-corrected chi connectivity index (χ3v) is 3.75. The van der Waals surface area contributed by atoms with Crippen molar-refractivity contribution in [2.45, 2.75) is 19.8 Å². The Labute approximate surface area is 138 Å². The van der Waals surface area contributed by atoms with Gasteiger partial charge in [0, 0.05) is 18.1 Å². The maximum Gasteiger partial charge on any atom is 0.231 e. The lowest BCUT2D eigenvalue weighted by Gasteiger charge is -2.11. The van der Waals surface area contributed by atoms with Crippen molar-refractivity contribution in [3.05, 3.63) is 53.3 Å². The van der Waals surface area contributed by atoms with E-state index in [0.29, 0.717) is 28.3 Å². The molecule has 2 aromatic carbocycles. The van der Waals surface area contributed by atoms with Crippen LogP contribution in [0.1, 0.15) is 29.3 Å². The molecule has 0 saturated heterocycles. The molecule has 124 valence electrons. The lowest BCUT2D eigenvalue weighted by molar-refractivity contribution is -0.116. The Bertz CT molecular complexity index is 804. The van der Waals surface area contributed by atoms with Crippen LogP contribution < -0.4 is 14.8 Å². The SMILES string of the molecule is CC(=O)c1cc2c(cc1NC(=O)CCc1ccccc1F)OCO2. The van der Waals surface area contributed by atoms with Gasteiger partial charge in [-0.15, -0.1) is 0 Å². The maximum absolute atomic E-state index is 13.6. The zero-order valence-corrected chi connectivity index (χ0v) is 13.1. The summed E-state index contributed by atoms with van der Waals surface area (Å²) in [6.07, 6.45) is 0.380. The highest BCUT2D eigenvalue weighted by molar-refractivity contribution is 6.04. The second-order valence-corrected chi connectivity index (χ2v) is 5.45. The van der Waals surface area contributed by atoms with Gasteiger partial charge >= 0.3 is 0 Å². The number of ketones is 1. The van der Waals surface area contributed by atoms with Crippen molar-refractivity contribution in [1.29, 1.82) is 0 Å². The standard InChI is InChI=1S/C18H16FNO4/c1-11(21)13-8-16-17(24-10-23-16)9-15(13)20-18(22)7-6-12-4-2-3-5-14(12)19/h2-5,8-9H,6-7,10H2,1H3,(H,20,22). The molecule has 24 heavy (non-hydrogen) atoms. The third kappa shape index (κ3) is 3.37. The summed E-state index contributed by atoms with van der Waals surface area (Å²) in [5, 5.41) is 2.69. The van der Waals surface area contributed by atoms with Crippen molar-refractivity contribution in [3.8, 4) is 11.5 Å². The minimum atomic E-state index is -0.335. The van der Waals surface area contributed by atoms with E-state index in [0.717, 1.165) is 0 Å². The fraction of sp³-hybridized carbons (Fsp3) is 0.222. The van der Waals surface area contributed by atoms with Crippen LogP contribution in [0.4, 0.5) is 10.1 Å². The molecule has 0 unspecified atom stereocenters. The van der Waals surface area contributed by atoms with Crippen LogP contribution in [-0.4, -0.2) is 18.5 Å². The molecule has 0 radical (unpaired) electrons. The second kappa shape index (κ2) is 6.70. The largest absolute Gasteiger partial charge is 0.454 e. The lowest BCUT2D eigenvalue weighted by atomic mass is 10.1. The van der Waals surface area contributed by atoms with E-state index in [1.54, 1.807) is 30.3 Å². The van der Waals surface area contributed by atoms with Crippen LogP contribution in [0, 0.1) is 5.82 Å². The smallest absolute Gasteiger partial charge is 0.231 e. The average Bonchev–Trinajstić information content (AvgIpc) is 3.00. The van der Waals surface area contributed by atoms with E-state index >= 15 is 0 Å². The first-order valence-corrected chi connectivity index (χ1v) is 7.52. The van der Waals surface area contributed by atoms with Gasteiger partial charge in [-0.05, 0) is 31.0 Å². The van der Waals surface area contributed by atoms with Crippen molar-refractivity contribution >= 4 is 17.4 Å². The summed E-state index contributed by atoms with van der Waals surface area (Å²) in [6, 6.07) is 9.45. The van der Waals surface area contributed by atoms with Crippen molar-refractivity contribution in [1.82, 2.24) is 0 Å². The Kier molecular flexibility index (Phi) is 4.46. The maximum atomic E-state index is 13.6. The van der Waals surface area contributed by atoms with Crippen LogP contribution >= 0.6 is 0 Å². The molecule has 0 atom stereocenters. The van der Waals surface area contributed by atoms with Crippen molar-refractivity contribution in [2.75, 3.05) is 12.1 Å². The van der Waals surface area contributed by atoms with Crippen LogP contribution in [0.3, 0.4) is 0 Å². The van der Waals surface area contributed by atoms with E-state index < -0.39 is 0 Å². The molecule has 0 aromatic heterocycles. The Hall–Kier alpha value is -2.89. The first-order valence-electron chi connectivity index (χ1n) is 7.52. The van der Waals surface area contributed by atoms with E-state index in [-0.39, 0.29) is 37.1 Å². The van der Waals surface area contributed by atoms with E-state index in [1.165, 1.54) is 13.0 Å². The number of nitrogens with one attached hydrogen (secondary N) is 1. The van der Waals surface area contributed by atoms with E-state index in [9.17, 15) is 14.0 Å². The number of carbonyl (C=O) groups excluding carboxylic acids is 2. The minimum absolute atomic E-state index is 0.0807. The molecule has 1 amide bonds. The van der Waals surface area contributed by atoms with Crippen LogP contribution in [0.25, 0.3) is 0 Å². The molecule has 0 bridgehead atoms. The number of fused-ring (bicyclic) bond motifs is 1. The predicted molar refractivity (Wildman–Crippen MR) is 85.9 cm³/mol. The molecule has 0 fully saturated rings. The number of benzene rings is 2. The summed E-state index contributed by atoms with van der Waals surface area (Å²) in [4.78, 5) is 23.9. The summed E-state index contributed by atoms with van der Waals surface area (Å²) in [6.45, 7) is 1.49. The van der Waals surface area contributed by atoms with Gasteiger partial charge in [-0.1, -0.05) is 18.2 Å². The fourth-order valence-corrected chi connectivity index (χ4v) is 2.50. The molecular weight excluding hydrogens is 313 g/mol. The zero-order valence-electron chi connectivity index (χ0n) is 13.1. The summed E-state index contributed by atoms with van der Waals surface area (Å²) in [5.41, 5.74) is 1.19. The van der Waals surface area contributed by atoms with E-state index in [4.69, 9.17) is 9.47 Å². The van der Waals surface area contributed by atoms with Crippen LogP contribution in [-0.2, 0) is 11.2 Å². The van der Waals surface area contributed by atoms with Gasteiger partial charge in [0.1, 0.15) is 5.82 Å². The number of aryl methyl sites for hydroxylation is 1. The van der Waals surface area contributed by atoms with Crippen molar-refractivity contribution < 1.29 is 23.5 Å². The number of carbonyl (C=O) groups is 2. The molecule has 1 N–H and O–H groups in total. The van der Waals surface area contributed by atoms with Gasteiger partial charge in [0.25, 0.3) is 0 Å². The van der Waals surface area contributed by atoms with Gasteiger partial charge in [0.05, 0.1) is 5.69 Å². The molecular formula is C18H16FNO4. The Morgan fingerprint density at radius 2 is 1.88 bits per heavy atom. The average molecular weight is 329 g/mol. The molecule has 2 aromatic rings. The summed E-state index contributed by atoms with van der Waals surface area (Å²) in [7, 11) is 0. The number of halogens is 1. The molecule has 1 heterocycles. The molecule has 3 rings (SSSR count). The van der Waals surface area contributed by atoms with Crippen LogP contribution in [0.2, 0.25) is 0 Å². The summed E-state index contributed by atoms with van der Waals surface area (Å²) >= 11 is 0. The predicted octanol–water partition coefficient (Wildman–Crippen LogP) is 3.33. The highest BCUT2D eigenvalue weighted by Gasteiger charge is 2.20. The van der Waals surface area contributed by atoms with Crippen molar-refractivity contribution in [2.24, 2.45) is 0 Å². The molecule has 5 nitrogen and oxygen atoms in total. The molecule has 0 saturated carbocycles. The number of rotatable bonds is 5. The number of hydrogen-bond donors (Lipinski definition) is 1. The monoisotopic (exact) mass is 329 g/mol.